The van der Waals surface area contributed by atoms with Gasteiger partial charge in [0, 0.05) is 28.4 Å². The van der Waals surface area contributed by atoms with Crippen molar-refractivity contribution >= 4 is 28.8 Å². The third-order valence-electron chi connectivity index (χ3n) is 4.43. The van der Waals surface area contributed by atoms with Gasteiger partial charge in [-0.15, -0.1) is 11.3 Å². The van der Waals surface area contributed by atoms with Crippen LogP contribution < -0.4 is 5.32 Å². The number of pyridine rings is 1. The fourth-order valence-corrected chi connectivity index (χ4v) is 3.96. The van der Waals surface area contributed by atoms with Gasteiger partial charge in [0.05, 0.1) is 35.4 Å². The van der Waals surface area contributed by atoms with Crippen molar-refractivity contribution in [3.05, 3.63) is 81.7 Å². The summed E-state index contributed by atoms with van der Waals surface area (Å²) >= 11 is 7.61. The molecule has 29 heavy (non-hydrogen) atoms. The molecule has 1 aromatic carbocycles. The predicted molar refractivity (Wildman–Crippen MR) is 114 cm³/mol. The summed E-state index contributed by atoms with van der Waals surface area (Å²) in [6.45, 7) is 2.36. The largest absolute Gasteiger partial charge is 0.345 e. The lowest BCUT2D eigenvalue weighted by molar-refractivity contribution is 0.0950. The zero-order valence-corrected chi connectivity index (χ0v) is 17.2. The lowest BCUT2D eigenvalue weighted by Crippen LogP contribution is -2.23. The summed E-state index contributed by atoms with van der Waals surface area (Å²) in [5, 5.41) is 10.8. The highest BCUT2D eigenvalue weighted by Gasteiger charge is 2.17. The second kappa shape index (κ2) is 8.55. The van der Waals surface area contributed by atoms with Crippen LogP contribution in [0.4, 0.5) is 0 Å². The molecule has 3 aromatic heterocycles. The van der Waals surface area contributed by atoms with Gasteiger partial charge in [0.1, 0.15) is 5.01 Å². The topological polar surface area (TPSA) is 72.7 Å². The number of hydrogen-bond acceptors (Lipinski definition) is 5. The quantitative estimate of drug-likeness (QED) is 0.494. The summed E-state index contributed by atoms with van der Waals surface area (Å²) in [6.07, 6.45) is 5.73. The van der Waals surface area contributed by atoms with E-state index in [1.807, 2.05) is 48.7 Å². The minimum Gasteiger partial charge on any atom is -0.345 e. The molecule has 8 heteroatoms. The number of carbonyl (C=O) groups excluding carboxylic acids is 1. The van der Waals surface area contributed by atoms with Crippen molar-refractivity contribution in [2.45, 2.75) is 19.9 Å². The molecule has 0 aliphatic heterocycles. The van der Waals surface area contributed by atoms with Gasteiger partial charge in [-0.3, -0.25) is 9.78 Å². The van der Waals surface area contributed by atoms with Crippen molar-refractivity contribution in [1.29, 1.82) is 0 Å². The number of nitrogens with one attached hydrogen (secondary N) is 1. The van der Waals surface area contributed by atoms with E-state index in [-0.39, 0.29) is 5.91 Å². The molecule has 0 fully saturated rings. The van der Waals surface area contributed by atoms with Crippen molar-refractivity contribution in [3.63, 3.8) is 0 Å². The minimum atomic E-state index is -0.171. The second-order valence-electron chi connectivity index (χ2n) is 6.30. The Morgan fingerprint density at radius 3 is 2.83 bits per heavy atom. The van der Waals surface area contributed by atoms with Crippen LogP contribution in [0.3, 0.4) is 0 Å². The molecular weight excluding hydrogens is 406 g/mol. The van der Waals surface area contributed by atoms with Gasteiger partial charge in [-0.2, -0.15) is 5.10 Å². The van der Waals surface area contributed by atoms with Gasteiger partial charge >= 0.3 is 0 Å². The number of carbonyl (C=O) groups is 1. The molecule has 4 rings (SSSR count). The van der Waals surface area contributed by atoms with E-state index in [2.05, 4.69) is 20.4 Å². The Kier molecular flexibility index (Phi) is 5.69. The lowest BCUT2D eigenvalue weighted by atomic mass is 10.2. The molecule has 0 aliphatic rings. The highest BCUT2D eigenvalue weighted by molar-refractivity contribution is 7.09. The van der Waals surface area contributed by atoms with Crippen LogP contribution in [-0.4, -0.2) is 25.7 Å². The van der Waals surface area contributed by atoms with Gasteiger partial charge in [0.15, 0.2) is 0 Å². The predicted octanol–water partition coefficient (Wildman–Crippen LogP) is 4.54. The third kappa shape index (κ3) is 4.21. The van der Waals surface area contributed by atoms with Crippen LogP contribution >= 0.6 is 22.9 Å². The van der Waals surface area contributed by atoms with Crippen LogP contribution in [0, 0.1) is 0 Å². The van der Waals surface area contributed by atoms with Gasteiger partial charge in [0.25, 0.3) is 5.91 Å². The average Bonchev–Trinajstić information content (AvgIpc) is 3.40. The number of amides is 1. The zero-order chi connectivity index (χ0) is 20.2. The first kappa shape index (κ1) is 19.3. The molecule has 1 N–H and O–H groups in total. The van der Waals surface area contributed by atoms with Gasteiger partial charge in [0.2, 0.25) is 0 Å². The number of rotatable bonds is 6. The number of aromatic nitrogens is 4. The van der Waals surface area contributed by atoms with Crippen LogP contribution in [0.25, 0.3) is 16.9 Å². The molecule has 3 heterocycles. The third-order valence-corrected chi connectivity index (χ3v) is 5.51. The summed E-state index contributed by atoms with van der Waals surface area (Å²) in [4.78, 5) is 21.4. The molecular formula is C21H18ClN5OS. The van der Waals surface area contributed by atoms with E-state index in [0.29, 0.717) is 23.6 Å². The highest BCUT2D eigenvalue weighted by Crippen LogP contribution is 2.22. The maximum atomic E-state index is 12.8. The van der Waals surface area contributed by atoms with Gasteiger partial charge < -0.3 is 5.32 Å². The van der Waals surface area contributed by atoms with Crippen molar-refractivity contribution in [2.75, 3.05) is 0 Å². The van der Waals surface area contributed by atoms with Crippen molar-refractivity contribution in [2.24, 2.45) is 0 Å². The SMILES string of the molecule is CCc1c(C(=O)NCc2nc(-c3ccncc3)cs2)cnn1-c1cccc(Cl)c1. The molecule has 6 nitrogen and oxygen atoms in total. The monoisotopic (exact) mass is 423 g/mol. The van der Waals surface area contributed by atoms with E-state index in [4.69, 9.17) is 11.6 Å². The number of hydrogen-bond donors (Lipinski definition) is 1. The van der Waals surface area contributed by atoms with Crippen LogP contribution in [0.5, 0.6) is 0 Å². The molecule has 1 amide bonds. The molecule has 0 atom stereocenters. The summed E-state index contributed by atoms with van der Waals surface area (Å²) in [7, 11) is 0. The van der Waals surface area contributed by atoms with Gasteiger partial charge in [-0.1, -0.05) is 24.6 Å². The maximum Gasteiger partial charge on any atom is 0.255 e. The van der Waals surface area contributed by atoms with Crippen LogP contribution in [0.15, 0.2) is 60.4 Å². The highest BCUT2D eigenvalue weighted by atomic mass is 35.5. The number of halogens is 1. The summed E-state index contributed by atoms with van der Waals surface area (Å²) in [5.74, 6) is -0.171. The van der Waals surface area contributed by atoms with E-state index >= 15 is 0 Å². The summed E-state index contributed by atoms with van der Waals surface area (Å²) in [6, 6.07) is 11.2. The minimum absolute atomic E-state index is 0.171. The Labute approximate surface area is 177 Å². The molecule has 0 radical (unpaired) electrons. The molecule has 0 aliphatic carbocycles. The Hall–Kier alpha value is -3.03. The Morgan fingerprint density at radius 1 is 1.24 bits per heavy atom. The van der Waals surface area contributed by atoms with Crippen molar-refractivity contribution < 1.29 is 4.79 Å². The average molecular weight is 424 g/mol. The first-order valence-corrected chi connectivity index (χ1v) is 10.4. The molecule has 0 unspecified atom stereocenters. The van der Waals surface area contributed by atoms with Crippen LogP contribution in [0.2, 0.25) is 5.02 Å². The smallest absolute Gasteiger partial charge is 0.255 e. The first-order valence-electron chi connectivity index (χ1n) is 9.11. The molecule has 0 spiro atoms. The number of benzene rings is 1. The van der Waals surface area contributed by atoms with Gasteiger partial charge in [-0.05, 0) is 36.8 Å². The number of thiazole rings is 1. The second-order valence-corrected chi connectivity index (χ2v) is 7.67. The van der Waals surface area contributed by atoms with Crippen LogP contribution in [0.1, 0.15) is 28.0 Å². The summed E-state index contributed by atoms with van der Waals surface area (Å²) in [5.41, 5.74) is 4.10. The maximum absolute atomic E-state index is 12.8. The Bertz CT molecular complexity index is 1140. The standard InChI is InChI=1S/C21H18ClN5OS/c1-2-19-17(11-25-27(19)16-5-3-4-15(22)10-16)21(28)24-12-20-26-18(13-29-20)14-6-8-23-9-7-14/h3-11,13H,2,12H2,1H3,(H,24,28). The molecule has 4 aromatic rings. The lowest BCUT2D eigenvalue weighted by Gasteiger charge is -2.08. The van der Waals surface area contributed by atoms with E-state index < -0.39 is 0 Å². The van der Waals surface area contributed by atoms with Gasteiger partial charge in [-0.25, -0.2) is 9.67 Å². The normalized spacial score (nSPS) is 10.8. The first-order chi connectivity index (χ1) is 14.2. The van der Waals surface area contributed by atoms with Crippen molar-refractivity contribution in [1.82, 2.24) is 25.1 Å². The van der Waals surface area contributed by atoms with Crippen molar-refractivity contribution in [3.8, 4) is 16.9 Å². The van der Waals surface area contributed by atoms with E-state index in [9.17, 15) is 4.79 Å². The zero-order valence-electron chi connectivity index (χ0n) is 15.7. The molecule has 146 valence electrons. The Balaban J connectivity index is 1.49. The summed E-state index contributed by atoms with van der Waals surface area (Å²) < 4.78 is 1.76. The fourth-order valence-electron chi connectivity index (χ4n) is 3.03. The van der Waals surface area contributed by atoms with E-state index in [1.54, 1.807) is 23.3 Å². The Morgan fingerprint density at radius 2 is 2.07 bits per heavy atom. The number of nitrogens with zero attached hydrogens (tertiary/aromatic N) is 4. The molecule has 0 saturated heterocycles. The molecule has 0 bridgehead atoms. The fraction of sp³-hybridized carbons (Fsp3) is 0.143. The molecule has 0 saturated carbocycles. The van der Waals surface area contributed by atoms with Crippen LogP contribution in [-0.2, 0) is 13.0 Å². The van der Waals surface area contributed by atoms with E-state index in [1.165, 1.54) is 11.3 Å². The van der Waals surface area contributed by atoms with E-state index in [0.717, 1.165) is 27.6 Å².